The standard InChI is InChI=1S/C14H26N4O2/c1-2-17(9-11-3-4-11)10-13(19)18-7-5-12(6-8-18)14(20)16-15/h11-12H,2-10,15H2,1H3,(H,16,20). The van der Waals surface area contributed by atoms with Crippen molar-refractivity contribution in [2.24, 2.45) is 17.7 Å². The lowest BCUT2D eigenvalue weighted by Gasteiger charge is -2.32. The van der Waals surface area contributed by atoms with Crippen LogP contribution < -0.4 is 11.3 Å². The second-order valence-corrected chi connectivity index (χ2v) is 5.93. The van der Waals surface area contributed by atoms with Crippen LogP contribution in [0.15, 0.2) is 0 Å². The number of nitrogens with two attached hydrogens (primary N) is 1. The van der Waals surface area contributed by atoms with Gasteiger partial charge in [0.2, 0.25) is 11.8 Å². The molecule has 114 valence electrons. The predicted molar refractivity (Wildman–Crippen MR) is 76.5 cm³/mol. The van der Waals surface area contributed by atoms with Crippen molar-refractivity contribution in [3.05, 3.63) is 0 Å². The number of nitrogens with one attached hydrogen (secondary N) is 1. The van der Waals surface area contributed by atoms with E-state index in [-0.39, 0.29) is 17.7 Å². The molecule has 0 spiro atoms. The molecule has 1 aliphatic carbocycles. The first-order valence-corrected chi connectivity index (χ1v) is 7.64. The highest BCUT2D eigenvalue weighted by Gasteiger charge is 2.29. The number of rotatable bonds is 6. The minimum Gasteiger partial charge on any atom is -0.342 e. The molecule has 1 aliphatic heterocycles. The lowest BCUT2D eigenvalue weighted by atomic mass is 9.96. The summed E-state index contributed by atoms with van der Waals surface area (Å²) in [7, 11) is 0. The highest BCUT2D eigenvalue weighted by atomic mass is 16.2. The first-order valence-electron chi connectivity index (χ1n) is 7.64. The number of piperidine rings is 1. The van der Waals surface area contributed by atoms with E-state index in [1.807, 2.05) is 4.90 Å². The van der Waals surface area contributed by atoms with Gasteiger partial charge in [0.25, 0.3) is 0 Å². The number of nitrogens with zero attached hydrogens (tertiary/aromatic N) is 2. The molecule has 0 unspecified atom stereocenters. The van der Waals surface area contributed by atoms with Gasteiger partial charge in [-0.2, -0.15) is 0 Å². The molecule has 0 bridgehead atoms. The van der Waals surface area contributed by atoms with Crippen LogP contribution in [0.5, 0.6) is 0 Å². The van der Waals surface area contributed by atoms with Crippen LogP contribution >= 0.6 is 0 Å². The van der Waals surface area contributed by atoms with Crippen molar-refractivity contribution in [2.45, 2.75) is 32.6 Å². The van der Waals surface area contributed by atoms with Crippen LogP contribution in [-0.4, -0.2) is 54.3 Å². The van der Waals surface area contributed by atoms with Gasteiger partial charge in [-0.05, 0) is 38.1 Å². The maximum absolute atomic E-state index is 12.3. The van der Waals surface area contributed by atoms with Crippen molar-refractivity contribution in [1.29, 1.82) is 0 Å². The Bertz CT molecular complexity index is 349. The second-order valence-electron chi connectivity index (χ2n) is 5.93. The average Bonchev–Trinajstić information content (AvgIpc) is 3.29. The summed E-state index contributed by atoms with van der Waals surface area (Å²) in [5.41, 5.74) is 2.20. The molecule has 2 rings (SSSR count). The van der Waals surface area contributed by atoms with Crippen molar-refractivity contribution < 1.29 is 9.59 Å². The van der Waals surface area contributed by atoms with Crippen molar-refractivity contribution in [1.82, 2.24) is 15.2 Å². The number of hydrogen-bond acceptors (Lipinski definition) is 4. The molecule has 6 nitrogen and oxygen atoms in total. The van der Waals surface area contributed by atoms with E-state index in [1.165, 1.54) is 12.8 Å². The molecule has 2 fully saturated rings. The highest BCUT2D eigenvalue weighted by Crippen LogP contribution is 2.29. The Morgan fingerprint density at radius 3 is 2.40 bits per heavy atom. The van der Waals surface area contributed by atoms with Crippen LogP contribution in [0.2, 0.25) is 0 Å². The van der Waals surface area contributed by atoms with Crippen LogP contribution in [0.3, 0.4) is 0 Å². The first-order chi connectivity index (χ1) is 9.63. The van der Waals surface area contributed by atoms with E-state index < -0.39 is 0 Å². The molecular formula is C14H26N4O2. The average molecular weight is 282 g/mol. The van der Waals surface area contributed by atoms with E-state index in [0.717, 1.165) is 19.0 Å². The molecule has 0 aromatic rings. The summed E-state index contributed by atoms with van der Waals surface area (Å²) in [5, 5.41) is 0. The third-order valence-electron chi connectivity index (χ3n) is 4.38. The Balaban J connectivity index is 1.74. The van der Waals surface area contributed by atoms with E-state index in [9.17, 15) is 9.59 Å². The van der Waals surface area contributed by atoms with E-state index in [0.29, 0.717) is 32.5 Å². The van der Waals surface area contributed by atoms with Crippen molar-refractivity contribution in [2.75, 3.05) is 32.7 Å². The van der Waals surface area contributed by atoms with Crippen molar-refractivity contribution in [3.8, 4) is 0 Å². The molecule has 2 amide bonds. The maximum Gasteiger partial charge on any atom is 0.237 e. The SMILES string of the molecule is CCN(CC(=O)N1CCC(C(=O)NN)CC1)CC1CC1. The molecule has 1 saturated heterocycles. The number of likely N-dealkylation sites (N-methyl/N-ethyl adjacent to an activating group) is 1. The quantitative estimate of drug-likeness (QED) is 0.407. The summed E-state index contributed by atoms with van der Waals surface area (Å²) in [5.74, 6) is 5.99. The van der Waals surface area contributed by atoms with Crippen LogP contribution in [-0.2, 0) is 9.59 Å². The summed E-state index contributed by atoms with van der Waals surface area (Å²) in [6.07, 6.45) is 4.04. The Labute approximate surface area is 120 Å². The van der Waals surface area contributed by atoms with Gasteiger partial charge in [-0.1, -0.05) is 6.92 Å². The van der Waals surface area contributed by atoms with Gasteiger partial charge in [0, 0.05) is 25.6 Å². The number of amides is 2. The fraction of sp³-hybridized carbons (Fsp3) is 0.857. The molecule has 1 saturated carbocycles. The molecule has 0 atom stereocenters. The minimum atomic E-state index is -0.110. The van der Waals surface area contributed by atoms with E-state index in [2.05, 4.69) is 17.2 Å². The van der Waals surface area contributed by atoms with Gasteiger partial charge < -0.3 is 4.90 Å². The monoisotopic (exact) mass is 282 g/mol. The predicted octanol–water partition coefficient (Wildman–Crippen LogP) is -0.0532. The van der Waals surface area contributed by atoms with Crippen molar-refractivity contribution in [3.63, 3.8) is 0 Å². The van der Waals surface area contributed by atoms with Gasteiger partial charge in [-0.25, -0.2) is 5.84 Å². The molecule has 0 radical (unpaired) electrons. The highest BCUT2D eigenvalue weighted by molar-refractivity contribution is 5.80. The third-order valence-corrected chi connectivity index (χ3v) is 4.38. The smallest absolute Gasteiger partial charge is 0.237 e. The zero-order valence-corrected chi connectivity index (χ0v) is 12.3. The van der Waals surface area contributed by atoms with Crippen LogP contribution in [0.1, 0.15) is 32.6 Å². The van der Waals surface area contributed by atoms with Gasteiger partial charge in [0.15, 0.2) is 0 Å². The fourth-order valence-corrected chi connectivity index (χ4v) is 2.77. The van der Waals surface area contributed by atoms with E-state index in [1.54, 1.807) is 0 Å². The number of carbonyl (C=O) groups is 2. The lowest BCUT2D eigenvalue weighted by molar-refractivity contribution is -0.136. The normalized spacial score (nSPS) is 20.2. The summed E-state index contributed by atoms with van der Waals surface area (Å²) in [6, 6.07) is 0. The third kappa shape index (κ3) is 4.18. The molecule has 2 aliphatic rings. The molecule has 6 heteroatoms. The summed E-state index contributed by atoms with van der Waals surface area (Å²) < 4.78 is 0. The van der Waals surface area contributed by atoms with Gasteiger partial charge in [-0.15, -0.1) is 0 Å². The zero-order chi connectivity index (χ0) is 14.5. The van der Waals surface area contributed by atoms with Gasteiger partial charge in [-0.3, -0.25) is 19.9 Å². The molecule has 1 heterocycles. The summed E-state index contributed by atoms with van der Waals surface area (Å²) in [4.78, 5) is 27.8. The summed E-state index contributed by atoms with van der Waals surface area (Å²) in [6.45, 7) is 5.92. The van der Waals surface area contributed by atoms with Gasteiger partial charge >= 0.3 is 0 Å². The molecule has 0 aromatic carbocycles. The van der Waals surface area contributed by atoms with E-state index in [4.69, 9.17) is 5.84 Å². The lowest BCUT2D eigenvalue weighted by Crippen LogP contribution is -2.47. The van der Waals surface area contributed by atoms with Crippen LogP contribution in [0, 0.1) is 11.8 Å². The minimum absolute atomic E-state index is 0.0437. The Morgan fingerprint density at radius 2 is 1.90 bits per heavy atom. The molecular weight excluding hydrogens is 256 g/mol. The Morgan fingerprint density at radius 1 is 1.25 bits per heavy atom. The molecule has 3 N–H and O–H groups in total. The van der Waals surface area contributed by atoms with Gasteiger partial charge in [0.05, 0.1) is 6.54 Å². The van der Waals surface area contributed by atoms with Crippen LogP contribution in [0.4, 0.5) is 0 Å². The number of hydrogen-bond donors (Lipinski definition) is 2. The number of carbonyl (C=O) groups excluding carboxylic acids is 2. The summed E-state index contributed by atoms with van der Waals surface area (Å²) >= 11 is 0. The fourth-order valence-electron chi connectivity index (χ4n) is 2.77. The number of hydrazine groups is 1. The Hall–Kier alpha value is -1.14. The second kappa shape index (κ2) is 7.04. The molecule has 0 aromatic heterocycles. The maximum atomic E-state index is 12.3. The van der Waals surface area contributed by atoms with E-state index >= 15 is 0 Å². The zero-order valence-electron chi connectivity index (χ0n) is 12.3. The topological polar surface area (TPSA) is 78.7 Å². The molecule has 20 heavy (non-hydrogen) atoms. The number of likely N-dealkylation sites (tertiary alicyclic amines) is 1. The van der Waals surface area contributed by atoms with Crippen LogP contribution in [0.25, 0.3) is 0 Å². The first kappa shape index (κ1) is 15.3. The van der Waals surface area contributed by atoms with Gasteiger partial charge in [0.1, 0.15) is 0 Å². The van der Waals surface area contributed by atoms with Crippen molar-refractivity contribution >= 4 is 11.8 Å². The largest absolute Gasteiger partial charge is 0.342 e. The Kier molecular flexibility index (Phi) is 5.37.